The van der Waals surface area contributed by atoms with Crippen molar-refractivity contribution in [2.75, 3.05) is 6.61 Å². The third-order valence-electron chi connectivity index (χ3n) is 2.93. The van der Waals surface area contributed by atoms with E-state index in [4.69, 9.17) is 4.74 Å². The Hall–Kier alpha value is -1.39. The van der Waals surface area contributed by atoms with Crippen molar-refractivity contribution in [3.8, 4) is 5.75 Å². The lowest BCUT2D eigenvalue weighted by atomic mass is 10.0. The van der Waals surface area contributed by atoms with Crippen molar-refractivity contribution in [1.29, 1.82) is 0 Å². The van der Waals surface area contributed by atoms with Gasteiger partial charge in [-0.2, -0.15) is 0 Å². The molecule has 0 spiro atoms. The number of hydrogen-bond donors (Lipinski definition) is 1. The van der Waals surface area contributed by atoms with E-state index in [2.05, 4.69) is 15.9 Å². The van der Waals surface area contributed by atoms with Gasteiger partial charge in [0.2, 0.25) is 0 Å². The second-order valence-electron chi connectivity index (χ2n) is 4.45. The average molecular weight is 339 g/mol. The quantitative estimate of drug-likeness (QED) is 0.872. The van der Waals surface area contributed by atoms with Gasteiger partial charge in [-0.15, -0.1) is 0 Å². The first-order chi connectivity index (χ1) is 9.63. The van der Waals surface area contributed by atoms with Crippen LogP contribution in [0.2, 0.25) is 0 Å². The molecule has 0 aliphatic carbocycles. The summed E-state index contributed by atoms with van der Waals surface area (Å²) in [6, 6.07) is 11.8. The second-order valence-corrected chi connectivity index (χ2v) is 5.37. The Labute approximate surface area is 126 Å². The van der Waals surface area contributed by atoms with E-state index in [1.807, 2.05) is 13.0 Å². The van der Waals surface area contributed by atoms with Crippen molar-refractivity contribution in [1.82, 2.24) is 0 Å². The largest absolute Gasteiger partial charge is 0.493 e. The normalized spacial score (nSPS) is 12.2. The van der Waals surface area contributed by atoms with Crippen LogP contribution < -0.4 is 4.74 Å². The van der Waals surface area contributed by atoms with E-state index < -0.39 is 11.9 Å². The first kappa shape index (κ1) is 15.0. The van der Waals surface area contributed by atoms with Crippen LogP contribution in [-0.4, -0.2) is 11.7 Å². The van der Waals surface area contributed by atoms with Crippen LogP contribution in [0.4, 0.5) is 4.39 Å². The van der Waals surface area contributed by atoms with Crippen LogP contribution in [0.15, 0.2) is 46.9 Å². The Bertz CT molecular complexity index is 586. The minimum atomic E-state index is -1.05. The van der Waals surface area contributed by atoms with Crippen LogP contribution in [0, 0.1) is 5.82 Å². The molecule has 1 atom stereocenters. The smallest absolute Gasteiger partial charge is 0.130 e. The van der Waals surface area contributed by atoms with E-state index in [0.717, 1.165) is 6.42 Å². The van der Waals surface area contributed by atoms with Crippen molar-refractivity contribution in [3.63, 3.8) is 0 Å². The average Bonchev–Trinajstić information content (AvgIpc) is 2.45. The number of halogens is 2. The summed E-state index contributed by atoms with van der Waals surface area (Å²) in [5.74, 6) is 0.140. The van der Waals surface area contributed by atoms with Crippen LogP contribution in [-0.2, 0) is 0 Å². The maximum absolute atomic E-state index is 13.9. The molecule has 0 heterocycles. The number of aliphatic hydroxyl groups is 1. The van der Waals surface area contributed by atoms with Gasteiger partial charge in [0.05, 0.1) is 6.61 Å². The highest BCUT2D eigenvalue weighted by Crippen LogP contribution is 2.32. The lowest BCUT2D eigenvalue weighted by Crippen LogP contribution is -2.06. The van der Waals surface area contributed by atoms with Crippen molar-refractivity contribution in [2.45, 2.75) is 19.4 Å². The van der Waals surface area contributed by atoms with Crippen LogP contribution in [0.5, 0.6) is 5.75 Å². The zero-order valence-corrected chi connectivity index (χ0v) is 12.7. The minimum absolute atomic E-state index is 0.237. The summed E-state index contributed by atoms with van der Waals surface area (Å²) < 4.78 is 20.2. The molecule has 0 amide bonds. The van der Waals surface area contributed by atoms with Crippen molar-refractivity contribution < 1.29 is 14.2 Å². The van der Waals surface area contributed by atoms with E-state index in [9.17, 15) is 9.50 Å². The molecule has 0 aliphatic rings. The summed E-state index contributed by atoms with van der Waals surface area (Å²) in [5.41, 5.74) is 0.808. The van der Waals surface area contributed by atoms with Gasteiger partial charge in [0.15, 0.2) is 0 Å². The Kier molecular flexibility index (Phi) is 5.15. The van der Waals surface area contributed by atoms with E-state index in [-0.39, 0.29) is 5.56 Å². The van der Waals surface area contributed by atoms with Gasteiger partial charge in [0.1, 0.15) is 17.7 Å². The molecule has 0 radical (unpaired) electrons. The molecule has 0 fully saturated rings. The predicted octanol–water partition coefficient (Wildman–Crippen LogP) is 4.46. The minimum Gasteiger partial charge on any atom is -0.493 e. The van der Waals surface area contributed by atoms with Gasteiger partial charge in [-0.25, -0.2) is 4.39 Å². The van der Waals surface area contributed by atoms with Gasteiger partial charge in [0, 0.05) is 15.6 Å². The predicted molar refractivity (Wildman–Crippen MR) is 80.4 cm³/mol. The number of ether oxygens (including phenoxy) is 1. The number of para-hydroxylation sites is 1. The third-order valence-corrected chi connectivity index (χ3v) is 3.43. The Balaban J connectivity index is 2.35. The van der Waals surface area contributed by atoms with Gasteiger partial charge < -0.3 is 9.84 Å². The first-order valence-electron chi connectivity index (χ1n) is 6.48. The summed E-state index contributed by atoms with van der Waals surface area (Å²) in [6.07, 6.45) is -0.173. The molecule has 4 heteroatoms. The molecule has 20 heavy (non-hydrogen) atoms. The second kappa shape index (κ2) is 6.86. The molecule has 2 aromatic rings. The summed E-state index contributed by atoms with van der Waals surface area (Å²) in [7, 11) is 0. The number of aliphatic hydroxyl groups excluding tert-OH is 1. The Morgan fingerprint density at radius 2 is 1.95 bits per heavy atom. The molecule has 0 saturated heterocycles. The molecule has 2 aromatic carbocycles. The van der Waals surface area contributed by atoms with Crippen molar-refractivity contribution in [3.05, 3.63) is 63.9 Å². The summed E-state index contributed by atoms with van der Waals surface area (Å²) in [5, 5.41) is 10.4. The molecule has 2 nitrogen and oxygen atoms in total. The Morgan fingerprint density at radius 3 is 2.65 bits per heavy atom. The monoisotopic (exact) mass is 338 g/mol. The Morgan fingerprint density at radius 1 is 1.20 bits per heavy atom. The molecular weight excluding hydrogens is 323 g/mol. The van der Waals surface area contributed by atoms with Gasteiger partial charge in [-0.05, 0) is 24.6 Å². The van der Waals surface area contributed by atoms with Crippen LogP contribution in [0.25, 0.3) is 0 Å². The molecule has 1 unspecified atom stereocenters. The fourth-order valence-corrected chi connectivity index (χ4v) is 2.27. The summed E-state index contributed by atoms with van der Waals surface area (Å²) in [4.78, 5) is 0. The summed E-state index contributed by atoms with van der Waals surface area (Å²) in [6.45, 7) is 2.57. The van der Waals surface area contributed by atoms with Gasteiger partial charge in [0.25, 0.3) is 0 Å². The van der Waals surface area contributed by atoms with Crippen LogP contribution in [0.1, 0.15) is 30.6 Å². The number of benzene rings is 2. The van der Waals surface area contributed by atoms with Crippen LogP contribution in [0.3, 0.4) is 0 Å². The van der Waals surface area contributed by atoms with Gasteiger partial charge >= 0.3 is 0 Å². The van der Waals surface area contributed by atoms with E-state index in [1.54, 1.807) is 30.3 Å². The number of hydrogen-bond acceptors (Lipinski definition) is 2. The molecule has 0 aromatic heterocycles. The molecule has 1 N–H and O–H groups in total. The lowest BCUT2D eigenvalue weighted by Gasteiger charge is -2.17. The molecule has 0 saturated carbocycles. The third kappa shape index (κ3) is 3.38. The zero-order chi connectivity index (χ0) is 14.5. The topological polar surface area (TPSA) is 29.5 Å². The van der Waals surface area contributed by atoms with E-state index in [1.165, 1.54) is 6.07 Å². The van der Waals surface area contributed by atoms with E-state index in [0.29, 0.717) is 22.4 Å². The van der Waals surface area contributed by atoms with Gasteiger partial charge in [-0.1, -0.05) is 47.1 Å². The SMILES string of the molecule is CCCOc1ccccc1C(O)c1ccc(Br)cc1F. The molecule has 2 rings (SSSR count). The van der Waals surface area contributed by atoms with Crippen molar-refractivity contribution >= 4 is 15.9 Å². The fourth-order valence-electron chi connectivity index (χ4n) is 1.94. The number of rotatable bonds is 5. The van der Waals surface area contributed by atoms with Crippen molar-refractivity contribution in [2.24, 2.45) is 0 Å². The van der Waals surface area contributed by atoms with E-state index >= 15 is 0 Å². The van der Waals surface area contributed by atoms with Crippen LogP contribution >= 0.6 is 15.9 Å². The fraction of sp³-hybridized carbons (Fsp3) is 0.250. The lowest BCUT2D eigenvalue weighted by molar-refractivity contribution is 0.206. The molecule has 106 valence electrons. The maximum atomic E-state index is 13.9. The van der Waals surface area contributed by atoms with Gasteiger partial charge in [-0.3, -0.25) is 0 Å². The highest BCUT2D eigenvalue weighted by molar-refractivity contribution is 9.10. The summed E-state index contributed by atoms with van der Waals surface area (Å²) >= 11 is 3.20. The molecular formula is C16H16BrFO2. The maximum Gasteiger partial charge on any atom is 0.130 e. The molecule has 0 aliphatic heterocycles. The standard InChI is InChI=1S/C16H16BrFO2/c1-2-9-20-15-6-4-3-5-13(15)16(19)12-8-7-11(17)10-14(12)18/h3-8,10,16,19H,2,9H2,1H3. The molecule has 0 bridgehead atoms. The first-order valence-corrected chi connectivity index (χ1v) is 7.27. The highest BCUT2D eigenvalue weighted by Gasteiger charge is 2.18. The zero-order valence-electron chi connectivity index (χ0n) is 11.1. The highest BCUT2D eigenvalue weighted by atomic mass is 79.9.